The molecule has 4 rings (SSSR count). The molecule has 1 aliphatic rings. The number of benzene rings is 1. The monoisotopic (exact) mass is 265 g/mol. The molecule has 0 spiro atoms. The summed E-state index contributed by atoms with van der Waals surface area (Å²) in [6, 6.07) is 14.2. The van der Waals surface area contributed by atoms with Crippen LogP contribution in [0, 0.1) is 0 Å². The third-order valence-electron chi connectivity index (χ3n) is 3.49. The van der Waals surface area contributed by atoms with Crippen molar-refractivity contribution in [2.24, 2.45) is 0 Å². The summed E-state index contributed by atoms with van der Waals surface area (Å²) >= 11 is 0. The zero-order valence-electron chi connectivity index (χ0n) is 11.5. The number of nitrogens with one attached hydrogen (secondary N) is 2. The second kappa shape index (κ2) is 6.35. The van der Waals surface area contributed by atoms with E-state index in [1.165, 1.54) is 31.3 Å². The molecule has 2 aromatic heterocycles. The van der Waals surface area contributed by atoms with E-state index in [0.717, 1.165) is 16.8 Å². The van der Waals surface area contributed by atoms with Gasteiger partial charge in [0.2, 0.25) is 0 Å². The standard InChI is InChI=1S/C13H10N2.C4H9N/c1-2-6-12-10(5-1)11(9-15-12)13-7-3-4-8-14-13;1-2-4-5-3-1/h1-9,15H;5H,1-4H2. The van der Waals surface area contributed by atoms with Gasteiger partial charge in [0.05, 0.1) is 5.69 Å². The van der Waals surface area contributed by atoms with Crippen LogP contribution in [-0.4, -0.2) is 23.1 Å². The first-order valence-electron chi connectivity index (χ1n) is 7.13. The van der Waals surface area contributed by atoms with Crippen LogP contribution in [0.2, 0.25) is 0 Å². The molecule has 1 aliphatic heterocycles. The Balaban J connectivity index is 0.000000205. The SMILES string of the molecule is C1CCNC1.c1ccc(-c2c[nH]c3ccccc23)nc1. The molecule has 3 aromatic rings. The van der Waals surface area contributed by atoms with E-state index < -0.39 is 0 Å². The van der Waals surface area contributed by atoms with E-state index in [-0.39, 0.29) is 0 Å². The first-order valence-corrected chi connectivity index (χ1v) is 7.13. The van der Waals surface area contributed by atoms with Crippen molar-refractivity contribution < 1.29 is 0 Å². The lowest BCUT2D eigenvalue weighted by Gasteiger charge is -1.96. The van der Waals surface area contributed by atoms with Crippen molar-refractivity contribution in [2.45, 2.75) is 12.8 Å². The van der Waals surface area contributed by atoms with Gasteiger partial charge in [-0.1, -0.05) is 24.3 Å². The van der Waals surface area contributed by atoms with Gasteiger partial charge < -0.3 is 10.3 Å². The average Bonchev–Trinajstić information content (AvgIpc) is 3.21. The van der Waals surface area contributed by atoms with E-state index in [0.29, 0.717) is 0 Å². The maximum absolute atomic E-state index is 4.35. The second-order valence-corrected chi connectivity index (χ2v) is 4.92. The van der Waals surface area contributed by atoms with Gasteiger partial charge in [0.1, 0.15) is 0 Å². The van der Waals surface area contributed by atoms with Crippen molar-refractivity contribution >= 4 is 10.9 Å². The number of H-pyrrole nitrogens is 1. The molecule has 2 N–H and O–H groups in total. The van der Waals surface area contributed by atoms with Gasteiger partial charge >= 0.3 is 0 Å². The molecule has 3 heteroatoms. The molecule has 0 saturated carbocycles. The summed E-state index contributed by atoms with van der Waals surface area (Å²) < 4.78 is 0. The van der Waals surface area contributed by atoms with E-state index in [1.807, 2.05) is 42.7 Å². The Morgan fingerprint density at radius 2 is 1.70 bits per heavy atom. The highest BCUT2D eigenvalue weighted by Crippen LogP contribution is 2.26. The number of aromatic amines is 1. The molecule has 3 nitrogen and oxygen atoms in total. The number of fused-ring (bicyclic) bond motifs is 1. The number of hydrogen-bond donors (Lipinski definition) is 2. The molecule has 0 aliphatic carbocycles. The summed E-state index contributed by atoms with van der Waals surface area (Å²) in [5.41, 5.74) is 3.32. The van der Waals surface area contributed by atoms with Crippen LogP contribution in [0.1, 0.15) is 12.8 Å². The maximum atomic E-state index is 4.35. The second-order valence-electron chi connectivity index (χ2n) is 4.92. The van der Waals surface area contributed by atoms with Crippen molar-refractivity contribution in [1.29, 1.82) is 0 Å². The van der Waals surface area contributed by atoms with E-state index >= 15 is 0 Å². The number of hydrogen-bond acceptors (Lipinski definition) is 2. The molecule has 1 aromatic carbocycles. The first-order chi connectivity index (χ1) is 9.95. The van der Waals surface area contributed by atoms with Gasteiger partial charge in [-0.25, -0.2) is 0 Å². The number of para-hydroxylation sites is 1. The molecule has 1 saturated heterocycles. The lowest BCUT2D eigenvalue weighted by Crippen LogP contribution is -2.03. The first kappa shape index (κ1) is 12.9. The highest BCUT2D eigenvalue weighted by Gasteiger charge is 2.04. The minimum absolute atomic E-state index is 1.01. The maximum Gasteiger partial charge on any atom is 0.0723 e. The Morgan fingerprint density at radius 3 is 2.40 bits per heavy atom. The highest BCUT2D eigenvalue weighted by molar-refractivity contribution is 5.94. The average molecular weight is 265 g/mol. The Labute approximate surface area is 119 Å². The Hall–Kier alpha value is -2.13. The lowest BCUT2D eigenvalue weighted by atomic mass is 10.1. The normalized spacial score (nSPS) is 14.0. The summed E-state index contributed by atoms with van der Waals surface area (Å²) in [6.07, 6.45) is 6.60. The van der Waals surface area contributed by atoms with Crippen LogP contribution in [0.4, 0.5) is 0 Å². The fourth-order valence-electron chi connectivity index (χ4n) is 2.43. The van der Waals surface area contributed by atoms with Crippen LogP contribution in [-0.2, 0) is 0 Å². The van der Waals surface area contributed by atoms with Crippen molar-refractivity contribution in [3.8, 4) is 11.3 Å². The van der Waals surface area contributed by atoms with E-state index in [4.69, 9.17) is 0 Å². The van der Waals surface area contributed by atoms with Gasteiger partial charge in [0.25, 0.3) is 0 Å². The number of aromatic nitrogens is 2. The highest BCUT2D eigenvalue weighted by atomic mass is 14.9. The van der Waals surface area contributed by atoms with Gasteiger partial charge in [0, 0.05) is 28.9 Å². The van der Waals surface area contributed by atoms with Gasteiger partial charge in [-0.15, -0.1) is 0 Å². The number of nitrogens with zero attached hydrogens (tertiary/aromatic N) is 1. The molecule has 102 valence electrons. The van der Waals surface area contributed by atoms with Crippen molar-refractivity contribution in [2.75, 3.05) is 13.1 Å². The fraction of sp³-hybridized carbons (Fsp3) is 0.235. The van der Waals surface area contributed by atoms with Crippen LogP contribution in [0.25, 0.3) is 22.2 Å². The molecular formula is C17H19N3. The van der Waals surface area contributed by atoms with Crippen molar-refractivity contribution in [1.82, 2.24) is 15.3 Å². The summed E-state index contributed by atoms with van der Waals surface area (Å²) in [4.78, 5) is 7.60. The van der Waals surface area contributed by atoms with Gasteiger partial charge in [-0.3, -0.25) is 4.98 Å². The predicted octanol–water partition coefficient (Wildman–Crippen LogP) is 3.60. The third kappa shape index (κ3) is 2.89. The minimum Gasteiger partial charge on any atom is -0.360 e. The molecule has 1 fully saturated rings. The van der Waals surface area contributed by atoms with E-state index in [2.05, 4.69) is 27.4 Å². The number of pyridine rings is 1. The van der Waals surface area contributed by atoms with Crippen LogP contribution in [0.3, 0.4) is 0 Å². The van der Waals surface area contributed by atoms with Gasteiger partial charge in [-0.2, -0.15) is 0 Å². The Bertz CT molecular complexity index is 646. The van der Waals surface area contributed by atoms with Crippen LogP contribution in [0.15, 0.2) is 54.9 Å². The molecule has 20 heavy (non-hydrogen) atoms. The van der Waals surface area contributed by atoms with Crippen molar-refractivity contribution in [3.63, 3.8) is 0 Å². The van der Waals surface area contributed by atoms with Gasteiger partial charge in [0.15, 0.2) is 0 Å². The predicted molar refractivity (Wildman–Crippen MR) is 83.6 cm³/mol. The Morgan fingerprint density at radius 1 is 0.900 bits per heavy atom. The summed E-state index contributed by atoms with van der Waals surface area (Å²) in [7, 11) is 0. The van der Waals surface area contributed by atoms with Gasteiger partial charge in [-0.05, 0) is 44.1 Å². The quantitative estimate of drug-likeness (QED) is 0.706. The molecule has 0 bridgehead atoms. The lowest BCUT2D eigenvalue weighted by molar-refractivity contribution is 0.857. The van der Waals surface area contributed by atoms with Crippen LogP contribution < -0.4 is 5.32 Å². The Kier molecular flexibility index (Phi) is 4.09. The molecule has 0 amide bonds. The minimum atomic E-state index is 1.01. The smallest absolute Gasteiger partial charge is 0.0723 e. The summed E-state index contributed by atoms with van der Waals surface area (Å²) in [5.74, 6) is 0. The topological polar surface area (TPSA) is 40.7 Å². The fourth-order valence-corrected chi connectivity index (χ4v) is 2.43. The summed E-state index contributed by atoms with van der Waals surface area (Å²) in [5, 5.41) is 4.44. The van der Waals surface area contributed by atoms with Crippen LogP contribution >= 0.6 is 0 Å². The van der Waals surface area contributed by atoms with Crippen LogP contribution in [0.5, 0.6) is 0 Å². The summed E-state index contributed by atoms with van der Waals surface area (Å²) in [6.45, 7) is 2.50. The molecule has 0 radical (unpaired) electrons. The van der Waals surface area contributed by atoms with E-state index in [9.17, 15) is 0 Å². The molecule has 3 heterocycles. The molecule has 0 unspecified atom stereocenters. The molecule has 0 atom stereocenters. The zero-order valence-corrected chi connectivity index (χ0v) is 11.5. The van der Waals surface area contributed by atoms with Crippen molar-refractivity contribution in [3.05, 3.63) is 54.9 Å². The number of rotatable bonds is 1. The zero-order chi connectivity index (χ0) is 13.6. The third-order valence-corrected chi connectivity index (χ3v) is 3.49. The van der Waals surface area contributed by atoms with E-state index in [1.54, 1.807) is 0 Å². The molecular weight excluding hydrogens is 246 g/mol. The largest absolute Gasteiger partial charge is 0.360 e.